The van der Waals surface area contributed by atoms with E-state index in [0.717, 1.165) is 4.47 Å². The summed E-state index contributed by atoms with van der Waals surface area (Å²) in [5, 5.41) is 11.1. The molecule has 9 heteroatoms. The van der Waals surface area contributed by atoms with Gasteiger partial charge in [-0.2, -0.15) is 4.68 Å². The van der Waals surface area contributed by atoms with Crippen LogP contribution in [0.1, 0.15) is 23.2 Å². The van der Waals surface area contributed by atoms with Crippen LogP contribution in [-0.2, 0) is 4.79 Å². The number of hydrogen-bond acceptors (Lipinski definition) is 5. The molecule has 2 N–H and O–H groups in total. The second kappa shape index (κ2) is 6.45. The largest absolute Gasteiger partial charge is 0.369 e. The Morgan fingerprint density at radius 1 is 1.26 bits per heavy atom. The molecule has 0 radical (unpaired) electrons. The molecule has 2 amide bonds. The zero-order valence-electron chi connectivity index (χ0n) is 12.2. The summed E-state index contributed by atoms with van der Waals surface area (Å²) in [6.45, 7) is 1.02. The van der Waals surface area contributed by atoms with E-state index in [1.165, 1.54) is 11.0 Å². The lowest BCUT2D eigenvalue weighted by Gasteiger charge is -2.31. The zero-order valence-corrected chi connectivity index (χ0v) is 13.8. The minimum Gasteiger partial charge on any atom is -0.369 e. The first-order valence-corrected chi connectivity index (χ1v) is 7.97. The van der Waals surface area contributed by atoms with E-state index in [1.54, 1.807) is 17.0 Å². The molecule has 3 rings (SSSR count). The summed E-state index contributed by atoms with van der Waals surface area (Å²) >= 11 is 3.39. The molecule has 0 aliphatic carbocycles. The number of tetrazole rings is 1. The highest BCUT2D eigenvalue weighted by Gasteiger charge is 2.28. The molecular formula is C14H15BrN6O2. The van der Waals surface area contributed by atoms with Crippen molar-refractivity contribution in [3.8, 4) is 5.69 Å². The minimum atomic E-state index is -0.297. The molecule has 120 valence electrons. The summed E-state index contributed by atoms with van der Waals surface area (Å²) in [5.74, 6) is -0.561. The predicted molar refractivity (Wildman–Crippen MR) is 84.7 cm³/mol. The van der Waals surface area contributed by atoms with Crippen LogP contribution in [0, 0.1) is 5.92 Å². The number of piperidine rings is 1. The molecule has 0 unspecified atom stereocenters. The number of carbonyl (C=O) groups excluding carboxylic acids is 2. The van der Waals surface area contributed by atoms with Crippen LogP contribution >= 0.6 is 15.9 Å². The standard InChI is InChI=1S/C14H15BrN6O2/c15-10-1-2-12(21-8-17-18-19-21)11(7-10)14(23)20-5-3-9(4-6-20)13(16)22/h1-2,7-9H,3-6H2,(H2,16,22). The quantitative estimate of drug-likeness (QED) is 0.848. The smallest absolute Gasteiger partial charge is 0.256 e. The van der Waals surface area contributed by atoms with Gasteiger partial charge >= 0.3 is 0 Å². The number of nitrogens with zero attached hydrogens (tertiary/aromatic N) is 5. The third kappa shape index (κ3) is 3.24. The summed E-state index contributed by atoms with van der Waals surface area (Å²) in [7, 11) is 0. The fraction of sp³-hybridized carbons (Fsp3) is 0.357. The van der Waals surface area contributed by atoms with E-state index in [-0.39, 0.29) is 17.7 Å². The molecule has 1 aromatic carbocycles. The Morgan fingerprint density at radius 2 is 2.00 bits per heavy atom. The van der Waals surface area contributed by atoms with Gasteiger partial charge in [0.1, 0.15) is 6.33 Å². The summed E-state index contributed by atoms with van der Waals surface area (Å²) < 4.78 is 2.25. The van der Waals surface area contributed by atoms with E-state index < -0.39 is 0 Å². The van der Waals surface area contributed by atoms with Crippen LogP contribution < -0.4 is 5.73 Å². The lowest BCUT2D eigenvalue weighted by atomic mass is 9.95. The topological polar surface area (TPSA) is 107 Å². The lowest BCUT2D eigenvalue weighted by Crippen LogP contribution is -2.42. The molecule has 1 aliphatic rings. The molecule has 0 atom stereocenters. The van der Waals surface area contributed by atoms with Crippen LogP contribution in [0.25, 0.3) is 5.69 Å². The number of nitrogens with two attached hydrogens (primary N) is 1. The minimum absolute atomic E-state index is 0.111. The van der Waals surface area contributed by atoms with Crippen molar-refractivity contribution >= 4 is 27.7 Å². The number of carbonyl (C=O) groups is 2. The van der Waals surface area contributed by atoms with E-state index in [9.17, 15) is 9.59 Å². The van der Waals surface area contributed by atoms with E-state index in [1.807, 2.05) is 6.07 Å². The number of hydrogen-bond donors (Lipinski definition) is 1. The number of primary amides is 1. The van der Waals surface area contributed by atoms with Crippen molar-refractivity contribution in [3.63, 3.8) is 0 Å². The third-order valence-corrected chi connectivity index (χ3v) is 4.46. The molecule has 2 aromatic rings. The number of amides is 2. The lowest BCUT2D eigenvalue weighted by molar-refractivity contribution is -0.123. The molecule has 0 bridgehead atoms. The van der Waals surface area contributed by atoms with Gasteiger partial charge < -0.3 is 10.6 Å². The molecule has 23 heavy (non-hydrogen) atoms. The van der Waals surface area contributed by atoms with E-state index in [4.69, 9.17) is 5.73 Å². The Hall–Kier alpha value is -2.29. The van der Waals surface area contributed by atoms with Gasteiger partial charge in [-0.15, -0.1) is 5.10 Å². The maximum Gasteiger partial charge on any atom is 0.256 e. The van der Waals surface area contributed by atoms with Gasteiger partial charge in [-0.1, -0.05) is 15.9 Å². The van der Waals surface area contributed by atoms with Gasteiger partial charge in [-0.05, 0) is 41.5 Å². The first-order chi connectivity index (χ1) is 11.1. The van der Waals surface area contributed by atoms with Crippen molar-refractivity contribution in [2.45, 2.75) is 12.8 Å². The number of benzene rings is 1. The fourth-order valence-corrected chi connectivity index (χ4v) is 3.05. The molecule has 1 aliphatic heterocycles. The summed E-state index contributed by atoms with van der Waals surface area (Å²) in [6.07, 6.45) is 2.63. The van der Waals surface area contributed by atoms with Crippen LogP contribution in [0.5, 0.6) is 0 Å². The van der Waals surface area contributed by atoms with Crippen molar-refractivity contribution in [2.75, 3.05) is 13.1 Å². The van der Waals surface area contributed by atoms with Crippen molar-refractivity contribution < 1.29 is 9.59 Å². The van der Waals surface area contributed by atoms with Gasteiger partial charge in [-0.25, -0.2) is 0 Å². The maximum absolute atomic E-state index is 12.9. The molecule has 1 saturated heterocycles. The van der Waals surface area contributed by atoms with Gasteiger partial charge in [-0.3, -0.25) is 9.59 Å². The Kier molecular flexibility index (Phi) is 4.37. The third-order valence-electron chi connectivity index (χ3n) is 3.97. The molecular weight excluding hydrogens is 364 g/mol. The normalized spacial score (nSPS) is 15.6. The first-order valence-electron chi connectivity index (χ1n) is 7.18. The first kappa shape index (κ1) is 15.6. The van der Waals surface area contributed by atoms with Gasteiger partial charge in [0.15, 0.2) is 0 Å². The van der Waals surface area contributed by atoms with Crippen molar-refractivity contribution in [1.29, 1.82) is 0 Å². The average Bonchev–Trinajstić information content (AvgIpc) is 3.08. The second-order valence-electron chi connectivity index (χ2n) is 5.38. The molecule has 2 heterocycles. The Bertz CT molecular complexity index is 725. The Balaban J connectivity index is 1.85. The Labute approximate surface area is 140 Å². The number of halogens is 1. The van der Waals surface area contributed by atoms with E-state index in [0.29, 0.717) is 37.2 Å². The number of aromatic nitrogens is 4. The SMILES string of the molecule is NC(=O)C1CCN(C(=O)c2cc(Br)ccc2-n2cnnn2)CC1. The Morgan fingerprint density at radius 3 is 2.61 bits per heavy atom. The van der Waals surface area contributed by atoms with E-state index >= 15 is 0 Å². The van der Waals surface area contributed by atoms with Gasteiger partial charge in [0.25, 0.3) is 5.91 Å². The van der Waals surface area contributed by atoms with Gasteiger partial charge in [0.05, 0.1) is 11.3 Å². The highest BCUT2D eigenvalue weighted by Crippen LogP contribution is 2.24. The molecule has 1 fully saturated rings. The second-order valence-corrected chi connectivity index (χ2v) is 6.30. The fourth-order valence-electron chi connectivity index (χ4n) is 2.69. The predicted octanol–water partition coefficient (Wildman–Crippen LogP) is 0.762. The number of rotatable bonds is 3. The summed E-state index contributed by atoms with van der Waals surface area (Å²) in [4.78, 5) is 25.8. The van der Waals surface area contributed by atoms with E-state index in [2.05, 4.69) is 31.5 Å². The molecule has 0 saturated carbocycles. The molecule has 1 aromatic heterocycles. The van der Waals surface area contributed by atoms with Crippen molar-refractivity contribution in [3.05, 3.63) is 34.6 Å². The van der Waals surface area contributed by atoms with Gasteiger partial charge in [0.2, 0.25) is 5.91 Å². The van der Waals surface area contributed by atoms with Crippen LogP contribution in [0.3, 0.4) is 0 Å². The van der Waals surface area contributed by atoms with Crippen LogP contribution in [0.2, 0.25) is 0 Å². The summed E-state index contributed by atoms with van der Waals surface area (Å²) in [5.41, 5.74) is 6.45. The van der Waals surface area contributed by atoms with Crippen molar-refractivity contribution in [1.82, 2.24) is 25.1 Å². The monoisotopic (exact) mass is 378 g/mol. The highest BCUT2D eigenvalue weighted by atomic mass is 79.9. The molecule has 8 nitrogen and oxygen atoms in total. The van der Waals surface area contributed by atoms with Crippen LogP contribution in [0.4, 0.5) is 0 Å². The van der Waals surface area contributed by atoms with Gasteiger partial charge in [0, 0.05) is 23.5 Å². The van der Waals surface area contributed by atoms with Crippen molar-refractivity contribution in [2.24, 2.45) is 11.7 Å². The highest BCUT2D eigenvalue weighted by molar-refractivity contribution is 9.10. The number of likely N-dealkylation sites (tertiary alicyclic amines) is 1. The maximum atomic E-state index is 12.9. The summed E-state index contributed by atoms with van der Waals surface area (Å²) in [6, 6.07) is 5.36. The zero-order chi connectivity index (χ0) is 16.4. The average molecular weight is 379 g/mol. The molecule has 0 spiro atoms. The van der Waals surface area contributed by atoms with Crippen LogP contribution in [0.15, 0.2) is 29.0 Å². The van der Waals surface area contributed by atoms with Crippen LogP contribution in [-0.4, -0.2) is 50.0 Å².